The van der Waals surface area contributed by atoms with Crippen molar-refractivity contribution in [3.8, 4) is 0 Å². The van der Waals surface area contributed by atoms with E-state index in [1.165, 1.54) is 17.1 Å². The second kappa shape index (κ2) is 6.55. The highest BCUT2D eigenvalue weighted by Crippen LogP contribution is 2.23. The van der Waals surface area contributed by atoms with Crippen molar-refractivity contribution >= 4 is 28.3 Å². The smallest absolute Gasteiger partial charge is 0.202 e. The van der Waals surface area contributed by atoms with E-state index >= 15 is 0 Å². The average Bonchev–Trinajstić information content (AvgIpc) is 2.87. The van der Waals surface area contributed by atoms with Crippen LogP contribution in [0.5, 0.6) is 0 Å². The van der Waals surface area contributed by atoms with Crippen molar-refractivity contribution < 1.29 is 0 Å². The number of nitrogens with one attached hydrogen (secondary N) is 1. The number of benzene rings is 1. The van der Waals surface area contributed by atoms with Gasteiger partial charge in [-0.25, -0.2) is 4.98 Å². The molecule has 0 spiro atoms. The Morgan fingerprint density at radius 1 is 1.25 bits per heavy atom. The SMILES string of the molecule is CC(C)(C)c1nsc(NC(CCl)Cc2ccccc2)n1. The van der Waals surface area contributed by atoms with Gasteiger partial charge >= 0.3 is 0 Å². The number of alkyl halides is 1. The van der Waals surface area contributed by atoms with Crippen LogP contribution in [0.4, 0.5) is 5.13 Å². The number of aromatic nitrogens is 2. The number of hydrogen-bond acceptors (Lipinski definition) is 4. The van der Waals surface area contributed by atoms with Gasteiger partial charge in [-0.1, -0.05) is 51.1 Å². The Morgan fingerprint density at radius 2 is 1.95 bits per heavy atom. The van der Waals surface area contributed by atoms with Crippen LogP contribution in [0, 0.1) is 0 Å². The van der Waals surface area contributed by atoms with Gasteiger partial charge in [0.05, 0.1) is 0 Å². The summed E-state index contributed by atoms with van der Waals surface area (Å²) in [6.45, 7) is 6.34. The third-order valence-corrected chi connectivity index (χ3v) is 3.95. The quantitative estimate of drug-likeness (QED) is 0.845. The summed E-state index contributed by atoms with van der Waals surface area (Å²) in [7, 11) is 0. The van der Waals surface area contributed by atoms with Crippen LogP contribution >= 0.6 is 23.1 Å². The molecule has 2 aromatic rings. The van der Waals surface area contributed by atoms with Crippen LogP contribution < -0.4 is 5.32 Å². The van der Waals surface area contributed by atoms with E-state index in [1.807, 2.05) is 18.2 Å². The minimum atomic E-state index is -0.0215. The Labute approximate surface area is 129 Å². The second-order valence-corrected chi connectivity index (χ2v) is 6.92. The van der Waals surface area contributed by atoms with Crippen LogP contribution in [0.15, 0.2) is 30.3 Å². The number of nitrogens with zero attached hydrogens (tertiary/aromatic N) is 2. The van der Waals surface area contributed by atoms with E-state index in [0.29, 0.717) is 5.88 Å². The molecule has 1 atom stereocenters. The van der Waals surface area contributed by atoms with E-state index in [1.54, 1.807) is 0 Å². The van der Waals surface area contributed by atoms with Crippen LogP contribution in [0.1, 0.15) is 32.2 Å². The summed E-state index contributed by atoms with van der Waals surface area (Å²) in [5.74, 6) is 1.41. The first-order valence-corrected chi connectivity index (χ1v) is 8.00. The van der Waals surface area contributed by atoms with Gasteiger partial charge in [-0.15, -0.1) is 11.6 Å². The fraction of sp³-hybridized carbons (Fsp3) is 0.467. The highest BCUT2D eigenvalue weighted by atomic mass is 35.5. The van der Waals surface area contributed by atoms with E-state index in [0.717, 1.165) is 17.4 Å². The van der Waals surface area contributed by atoms with Crippen molar-refractivity contribution in [2.45, 2.75) is 38.6 Å². The monoisotopic (exact) mass is 309 g/mol. The molecule has 1 aromatic heterocycles. The van der Waals surface area contributed by atoms with Gasteiger partial charge in [0, 0.05) is 28.9 Å². The number of anilines is 1. The molecule has 0 aliphatic rings. The summed E-state index contributed by atoms with van der Waals surface area (Å²) >= 11 is 7.46. The van der Waals surface area contributed by atoms with Crippen LogP contribution in [0.25, 0.3) is 0 Å². The average molecular weight is 310 g/mol. The third-order valence-electron chi connectivity index (χ3n) is 2.94. The zero-order valence-corrected chi connectivity index (χ0v) is 13.6. The number of hydrogen-bond donors (Lipinski definition) is 1. The largest absolute Gasteiger partial charge is 0.356 e. The van der Waals surface area contributed by atoms with Gasteiger partial charge in [-0.3, -0.25) is 0 Å². The molecule has 0 fully saturated rings. The Bertz CT molecular complexity index is 534. The van der Waals surface area contributed by atoms with E-state index in [9.17, 15) is 0 Å². The standard InChI is InChI=1S/C15H20ClN3S/c1-15(2,3)13-18-14(20-19-13)17-12(10-16)9-11-7-5-4-6-8-11/h4-8,12H,9-10H2,1-3H3,(H,17,18,19). The van der Waals surface area contributed by atoms with Crippen molar-refractivity contribution in [1.82, 2.24) is 9.36 Å². The molecule has 0 saturated carbocycles. The highest BCUT2D eigenvalue weighted by Gasteiger charge is 2.20. The maximum Gasteiger partial charge on any atom is 0.202 e. The first-order valence-electron chi connectivity index (χ1n) is 6.69. The maximum absolute atomic E-state index is 6.06. The predicted molar refractivity (Wildman–Crippen MR) is 86.9 cm³/mol. The molecule has 0 bridgehead atoms. The highest BCUT2D eigenvalue weighted by molar-refractivity contribution is 7.09. The molecule has 2 rings (SSSR count). The minimum absolute atomic E-state index is 0.0215. The lowest BCUT2D eigenvalue weighted by atomic mass is 9.96. The second-order valence-electron chi connectivity index (χ2n) is 5.86. The van der Waals surface area contributed by atoms with Crippen molar-refractivity contribution in [1.29, 1.82) is 0 Å². The summed E-state index contributed by atoms with van der Waals surface area (Å²) in [5.41, 5.74) is 1.25. The van der Waals surface area contributed by atoms with Gasteiger partial charge in [0.25, 0.3) is 0 Å². The fourth-order valence-electron chi connectivity index (χ4n) is 1.80. The topological polar surface area (TPSA) is 37.8 Å². The van der Waals surface area contributed by atoms with Crippen LogP contribution in [-0.4, -0.2) is 21.3 Å². The lowest BCUT2D eigenvalue weighted by Crippen LogP contribution is -2.24. The molecule has 1 aromatic carbocycles. The van der Waals surface area contributed by atoms with Crippen LogP contribution in [0.3, 0.4) is 0 Å². The first-order chi connectivity index (χ1) is 9.49. The Hall–Kier alpha value is -1.13. The molecule has 0 amide bonds. The van der Waals surface area contributed by atoms with E-state index in [2.05, 4.69) is 47.6 Å². The summed E-state index contributed by atoms with van der Waals surface area (Å²) in [6, 6.07) is 10.5. The van der Waals surface area contributed by atoms with Gasteiger partial charge in [-0.2, -0.15) is 4.37 Å². The summed E-state index contributed by atoms with van der Waals surface area (Å²) in [5, 5.41) is 4.23. The Balaban J connectivity index is 2.01. The van der Waals surface area contributed by atoms with Gasteiger partial charge < -0.3 is 5.32 Å². The molecule has 0 aliphatic carbocycles. The number of rotatable bonds is 5. The molecular weight excluding hydrogens is 290 g/mol. The Kier molecular flexibility index (Phi) is 5.00. The molecular formula is C15H20ClN3S. The molecule has 0 radical (unpaired) electrons. The lowest BCUT2D eigenvalue weighted by molar-refractivity contribution is 0.555. The van der Waals surface area contributed by atoms with Crippen molar-refractivity contribution in [3.63, 3.8) is 0 Å². The summed E-state index contributed by atoms with van der Waals surface area (Å²) < 4.78 is 4.41. The number of halogens is 1. The molecule has 1 heterocycles. The molecule has 0 saturated heterocycles. The van der Waals surface area contributed by atoms with E-state index in [4.69, 9.17) is 11.6 Å². The molecule has 3 nitrogen and oxygen atoms in total. The molecule has 20 heavy (non-hydrogen) atoms. The van der Waals surface area contributed by atoms with Gasteiger partial charge in [-0.05, 0) is 12.0 Å². The minimum Gasteiger partial charge on any atom is -0.356 e. The summed E-state index contributed by atoms with van der Waals surface area (Å²) in [6.07, 6.45) is 0.884. The predicted octanol–water partition coefficient (Wildman–Crippen LogP) is 4.10. The molecule has 108 valence electrons. The van der Waals surface area contributed by atoms with Gasteiger partial charge in [0.15, 0.2) is 0 Å². The zero-order chi connectivity index (χ0) is 14.6. The van der Waals surface area contributed by atoms with Gasteiger partial charge in [0.2, 0.25) is 5.13 Å². The van der Waals surface area contributed by atoms with Crippen molar-refractivity contribution in [2.24, 2.45) is 0 Å². The molecule has 1 N–H and O–H groups in total. The fourth-order valence-corrected chi connectivity index (χ4v) is 2.82. The lowest BCUT2D eigenvalue weighted by Gasteiger charge is -2.15. The molecule has 1 unspecified atom stereocenters. The van der Waals surface area contributed by atoms with Crippen molar-refractivity contribution in [3.05, 3.63) is 41.7 Å². The molecule has 0 aliphatic heterocycles. The summed E-state index contributed by atoms with van der Waals surface area (Å²) in [4.78, 5) is 4.55. The van der Waals surface area contributed by atoms with Crippen LogP contribution in [-0.2, 0) is 11.8 Å². The van der Waals surface area contributed by atoms with E-state index in [-0.39, 0.29) is 11.5 Å². The first kappa shape index (κ1) is 15.3. The molecule has 5 heteroatoms. The van der Waals surface area contributed by atoms with Crippen LogP contribution in [0.2, 0.25) is 0 Å². The van der Waals surface area contributed by atoms with Crippen molar-refractivity contribution in [2.75, 3.05) is 11.2 Å². The maximum atomic E-state index is 6.06. The van der Waals surface area contributed by atoms with Gasteiger partial charge in [0.1, 0.15) is 5.82 Å². The Morgan fingerprint density at radius 3 is 2.50 bits per heavy atom. The van der Waals surface area contributed by atoms with E-state index < -0.39 is 0 Å². The normalized spacial score (nSPS) is 13.2. The zero-order valence-electron chi connectivity index (χ0n) is 12.1. The third kappa shape index (κ3) is 4.18.